The standard InChI is InChI=1S/C18H24FN3O2/c1-18(11-12-3-5-14(19)6-4-12)7-2-8-22(18)17(24)21-15-9-13(10-15)16(20)23/h3-6,13,15H,2,7-11H2,1H3,(H2,20,23)(H,21,24). The zero-order chi connectivity index (χ0) is 17.3. The number of hydrogen-bond donors (Lipinski definition) is 2. The lowest BCUT2D eigenvalue weighted by atomic mass is 9.80. The maximum atomic E-state index is 13.1. The monoisotopic (exact) mass is 333 g/mol. The fourth-order valence-electron chi connectivity index (χ4n) is 3.82. The van der Waals surface area contributed by atoms with E-state index in [1.54, 1.807) is 12.1 Å². The van der Waals surface area contributed by atoms with Gasteiger partial charge in [-0.3, -0.25) is 4.79 Å². The number of carbonyl (C=O) groups excluding carboxylic acids is 2. The van der Waals surface area contributed by atoms with Crippen molar-refractivity contribution in [3.63, 3.8) is 0 Å². The van der Waals surface area contributed by atoms with E-state index in [1.807, 2.05) is 4.90 Å². The van der Waals surface area contributed by atoms with Gasteiger partial charge in [-0.1, -0.05) is 12.1 Å². The van der Waals surface area contributed by atoms with Gasteiger partial charge in [-0.2, -0.15) is 0 Å². The maximum absolute atomic E-state index is 13.1. The van der Waals surface area contributed by atoms with Crippen molar-refractivity contribution in [1.82, 2.24) is 10.2 Å². The molecular weight excluding hydrogens is 309 g/mol. The molecule has 3 amide bonds. The summed E-state index contributed by atoms with van der Waals surface area (Å²) in [5, 5.41) is 3.01. The second kappa shape index (κ2) is 6.42. The summed E-state index contributed by atoms with van der Waals surface area (Å²) in [5.74, 6) is -0.652. The largest absolute Gasteiger partial charge is 0.369 e. The maximum Gasteiger partial charge on any atom is 0.318 e. The van der Waals surface area contributed by atoms with E-state index < -0.39 is 0 Å². The summed E-state index contributed by atoms with van der Waals surface area (Å²) in [4.78, 5) is 25.6. The predicted octanol–water partition coefficient (Wildman–Crippen LogP) is 2.20. The fraction of sp³-hybridized carbons (Fsp3) is 0.556. The molecule has 1 aromatic rings. The van der Waals surface area contributed by atoms with E-state index in [2.05, 4.69) is 12.2 Å². The summed E-state index contributed by atoms with van der Waals surface area (Å²) in [5.41, 5.74) is 6.02. The third kappa shape index (κ3) is 3.37. The number of halogens is 1. The van der Waals surface area contributed by atoms with Gasteiger partial charge < -0.3 is 16.0 Å². The highest BCUT2D eigenvalue weighted by Crippen LogP contribution is 2.33. The Balaban J connectivity index is 1.60. The Hall–Kier alpha value is -2.11. The summed E-state index contributed by atoms with van der Waals surface area (Å²) in [6, 6.07) is 6.42. The Morgan fingerprint density at radius 3 is 2.62 bits per heavy atom. The molecule has 1 saturated carbocycles. The number of amides is 3. The van der Waals surface area contributed by atoms with Crippen molar-refractivity contribution in [2.75, 3.05) is 6.54 Å². The van der Waals surface area contributed by atoms with Gasteiger partial charge in [-0.15, -0.1) is 0 Å². The normalized spacial score (nSPS) is 29.2. The predicted molar refractivity (Wildman–Crippen MR) is 88.7 cm³/mol. The van der Waals surface area contributed by atoms with Crippen LogP contribution in [-0.4, -0.2) is 35.0 Å². The second-order valence-electron chi connectivity index (χ2n) is 7.27. The minimum atomic E-state index is -0.289. The van der Waals surface area contributed by atoms with Crippen molar-refractivity contribution in [3.05, 3.63) is 35.6 Å². The molecule has 1 aromatic carbocycles. The first kappa shape index (κ1) is 16.7. The van der Waals surface area contributed by atoms with Gasteiger partial charge in [0, 0.05) is 24.0 Å². The van der Waals surface area contributed by atoms with E-state index in [1.165, 1.54) is 12.1 Å². The quantitative estimate of drug-likeness (QED) is 0.886. The van der Waals surface area contributed by atoms with Gasteiger partial charge in [0.15, 0.2) is 0 Å². The van der Waals surface area contributed by atoms with Gasteiger partial charge in [0.25, 0.3) is 0 Å². The van der Waals surface area contributed by atoms with E-state index >= 15 is 0 Å². The number of nitrogens with zero attached hydrogens (tertiary/aromatic N) is 1. The van der Waals surface area contributed by atoms with Crippen molar-refractivity contribution in [1.29, 1.82) is 0 Å². The summed E-state index contributed by atoms with van der Waals surface area (Å²) in [6.45, 7) is 2.80. The number of carbonyl (C=O) groups is 2. The number of benzene rings is 1. The first-order chi connectivity index (χ1) is 11.4. The zero-order valence-electron chi connectivity index (χ0n) is 13.9. The van der Waals surface area contributed by atoms with Crippen LogP contribution in [0.15, 0.2) is 24.3 Å². The van der Waals surface area contributed by atoms with E-state index in [0.29, 0.717) is 19.3 Å². The number of urea groups is 1. The Kier molecular flexibility index (Phi) is 4.47. The molecule has 2 aliphatic rings. The topological polar surface area (TPSA) is 75.4 Å². The van der Waals surface area contributed by atoms with Crippen LogP contribution >= 0.6 is 0 Å². The lowest BCUT2D eigenvalue weighted by Gasteiger charge is -2.39. The van der Waals surface area contributed by atoms with Gasteiger partial charge in [0.1, 0.15) is 5.82 Å². The minimum absolute atomic E-state index is 0.0330. The number of nitrogens with one attached hydrogen (secondary N) is 1. The molecule has 24 heavy (non-hydrogen) atoms. The number of rotatable bonds is 4. The molecule has 1 heterocycles. The molecule has 1 saturated heterocycles. The van der Waals surface area contributed by atoms with Crippen molar-refractivity contribution in [2.45, 2.75) is 50.6 Å². The van der Waals surface area contributed by atoms with Crippen LogP contribution in [0.2, 0.25) is 0 Å². The number of primary amides is 1. The third-order valence-corrected chi connectivity index (χ3v) is 5.36. The molecule has 5 nitrogen and oxygen atoms in total. The van der Waals surface area contributed by atoms with Crippen LogP contribution in [0.1, 0.15) is 38.2 Å². The molecule has 0 spiro atoms. The molecule has 0 aromatic heterocycles. The van der Waals surface area contributed by atoms with Crippen molar-refractivity contribution in [2.24, 2.45) is 11.7 Å². The van der Waals surface area contributed by atoms with Crippen molar-refractivity contribution in [3.8, 4) is 0 Å². The van der Waals surface area contributed by atoms with E-state index in [4.69, 9.17) is 5.73 Å². The molecule has 0 radical (unpaired) electrons. The fourth-order valence-corrected chi connectivity index (χ4v) is 3.82. The smallest absolute Gasteiger partial charge is 0.318 e. The van der Waals surface area contributed by atoms with Gasteiger partial charge >= 0.3 is 6.03 Å². The highest BCUT2D eigenvalue weighted by Gasteiger charge is 2.42. The number of nitrogens with two attached hydrogens (primary N) is 1. The van der Waals surface area contributed by atoms with Gasteiger partial charge in [-0.25, -0.2) is 9.18 Å². The van der Waals surface area contributed by atoms with Crippen LogP contribution in [0.4, 0.5) is 9.18 Å². The Bertz CT molecular complexity index is 628. The molecular formula is C18H24FN3O2. The summed E-state index contributed by atoms with van der Waals surface area (Å²) in [7, 11) is 0. The summed E-state index contributed by atoms with van der Waals surface area (Å²) >= 11 is 0. The molecule has 3 N–H and O–H groups in total. The Morgan fingerprint density at radius 1 is 1.33 bits per heavy atom. The van der Waals surface area contributed by atoms with Crippen LogP contribution in [0, 0.1) is 11.7 Å². The molecule has 130 valence electrons. The molecule has 1 atom stereocenters. The van der Waals surface area contributed by atoms with E-state index in [9.17, 15) is 14.0 Å². The first-order valence-corrected chi connectivity index (χ1v) is 8.49. The van der Waals surface area contributed by atoms with Crippen LogP contribution in [0.25, 0.3) is 0 Å². The molecule has 6 heteroatoms. The van der Waals surface area contributed by atoms with Crippen molar-refractivity contribution < 1.29 is 14.0 Å². The highest BCUT2D eigenvalue weighted by atomic mass is 19.1. The summed E-state index contributed by atoms with van der Waals surface area (Å²) in [6.07, 6.45) is 3.84. The van der Waals surface area contributed by atoms with Crippen molar-refractivity contribution >= 4 is 11.9 Å². The Labute approximate surface area is 141 Å². The zero-order valence-corrected chi connectivity index (χ0v) is 13.9. The molecule has 1 unspecified atom stereocenters. The third-order valence-electron chi connectivity index (χ3n) is 5.36. The van der Waals surface area contributed by atoms with Gasteiger partial charge in [0.05, 0.1) is 0 Å². The highest BCUT2D eigenvalue weighted by molar-refractivity contribution is 5.79. The van der Waals surface area contributed by atoms with Crippen LogP contribution in [0.3, 0.4) is 0 Å². The average Bonchev–Trinajstić information content (AvgIpc) is 2.86. The Morgan fingerprint density at radius 2 is 2.00 bits per heavy atom. The number of likely N-dealkylation sites (tertiary alicyclic amines) is 1. The lowest BCUT2D eigenvalue weighted by molar-refractivity contribution is -0.124. The average molecular weight is 333 g/mol. The first-order valence-electron chi connectivity index (χ1n) is 8.49. The van der Waals surface area contributed by atoms with Crippen LogP contribution in [-0.2, 0) is 11.2 Å². The molecule has 3 rings (SSSR count). The van der Waals surface area contributed by atoms with E-state index in [-0.39, 0.29) is 35.3 Å². The summed E-state index contributed by atoms with van der Waals surface area (Å²) < 4.78 is 13.1. The van der Waals surface area contributed by atoms with Gasteiger partial charge in [0.2, 0.25) is 5.91 Å². The minimum Gasteiger partial charge on any atom is -0.369 e. The molecule has 0 bridgehead atoms. The van der Waals surface area contributed by atoms with Gasteiger partial charge in [-0.05, 0) is 56.7 Å². The number of hydrogen-bond acceptors (Lipinski definition) is 2. The van der Waals surface area contributed by atoms with Crippen LogP contribution < -0.4 is 11.1 Å². The second-order valence-corrected chi connectivity index (χ2v) is 7.27. The molecule has 2 fully saturated rings. The van der Waals surface area contributed by atoms with E-state index in [0.717, 1.165) is 24.9 Å². The molecule has 1 aliphatic heterocycles. The lowest BCUT2D eigenvalue weighted by Crippen LogP contribution is -2.56. The SMILES string of the molecule is CC1(Cc2ccc(F)cc2)CCCN1C(=O)NC1CC(C(N)=O)C1. The molecule has 1 aliphatic carbocycles. The van der Waals surface area contributed by atoms with Crippen LogP contribution in [0.5, 0.6) is 0 Å².